The highest BCUT2D eigenvalue weighted by Crippen LogP contribution is 2.30. The molecule has 0 saturated carbocycles. The first kappa shape index (κ1) is 14.0. The molecule has 0 amide bonds. The van der Waals surface area contributed by atoms with Crippen molar-refractivity contribution in [2.24, 2.45) is 0 Å². The van der Waals surface area contributed by atoms with Gasteiger partial charge in [0.1, 0.15) is 0 Å². The van der Waals surface area contributed by atoms with Gasteiger partial charge >= 0.3 is 6.18 Å². The largest absolute Gasteiger partial charge is 0.416 e. The van der Waals surface area contributed by atoms with Crippen LogP contribution in [0.5, 0.6) is 0 Å². The van der Waals surface area contributed by atoms with Crippen molar-refractivity contribution in [2.75, 3.05) is 6.26 Å². The van der Waals surface area contributed by atoms with Crippen LogP contribution < -0.4 is 4.72 Å². The Balaban J connectivity index is 2.91. The van der Waals surface area contributed by atoms with E-state index >= 15 is 0 Å². The SMILES string of the molecule is Cc1cc(C(F)(F)F)ccc1CNS(C)(=O)=O. The molecule has 0 spiro atoms. The third-order valence-electron chi connectivity index (χ3n) is 2.19. The smallest absolute Gasteiger partial charge is 0.213 e. The molecule has 0 aromatic heterocycles. The van der Waals surface area contributed by atoms with Gasteiger partial charge in [-0.1, -0.05) is 6.07 Å². The minimum Gasteiger partial charge on any atom is -0.213 e. The Hall–Kier alpha value is -1.08. The normalized spacial score (nSPS) is 12.8. The number of hydrogen-bond acceptors (Lipinski definition) is 2. The van der Waals surface area contributed by atoms with Crippen LogP contribution in [0.3, 0.4) is 0 Å². The van der Waals surface area contributed by atoms with Crippen molar-refractivity contribution in [1.29, 1.82) is 0 Å². The summed E-state index contributed by atoms with van der Waals surface area (Å²) in [4.78, 5) is 0. The molecule has 96 valence electrons. The number of nitrogens with one attached hydrogen (secondary N) is 1. The number of sulfonamides is 1. The summed E-state index contributed by atoms with van der Waals surface area (Å²) >= 11 is 0. The van der Waals surface area contributed by atoms with Gasteiger partial charge in [-0.2, -0.15) is 13.2 Å². The first-order chi connectivity index (χ1) is 7.59. The van der Waals surface area contributed by atoms with Gasteiger partial charge in [-0.15, -0.1) is 0 Å². The summed E-state index contributed by atoms with van der Waals surface area (Å²) in [6.45, 7) is 1.50. The lowest BCUT2D eigenvalue weighted by molar-refractivity contribution is -0.137. The molecule has 0 radical (unpaired) electrons. The monoisotopic (exact) mass is 267 g/mol. The van der Waals surface area contributed by atoms with Gasteiger partial charge in [0.05, 0.1) is 11.8 Å². The highest BCUT2D eigenvalue weighted by Gasteiger charge is 2.30. The summed E-state index contributed by atoms with van der Waals surface area (Å²) in [5.74, 6) is 0. The van der Waals surface area contributed by atoms with Gasteiger partial charge < -0.3 is 0 Å². The molecule has 1 N–H and O–H groups in total. The van der Waals surface area contributed by atoms with E-state index in [-0.39, 0.29) is 6.54 Å². The predicted molar refractivity (Wildman–Crippen MR) is 57.9 cm³/mol. The molecule has 1 aromatic rings. The maximum Gasteiger partial charge on any atom is 0.416 e. The van der Waals surface area contributed by atoms with Crippen molar-refractivity contribution in [3.8, 4) is 0 Å². The minimum absolute atomic E-state index is 0.0111. The van der Waals surface area contributed by atoms with E-state index in [2.05, 4.69) is 4.72 Å². The summed E-state index contributed by atoms with van der Waals surface area (Å²) in [5, 5.41) is 0. The van der Waals surface area contributed by atoms with E-state index in [0.717, 1.165) is 18.4 Å². The van der Waals surface area contributed by atoms with E-state index in [4.69, 9.17) is 0 Å². The van der Waals surface area contributed by atoms with E-state index < -0.39 is 21.8 Å². The Morgan fingerprint density at radius 3 is 2.29 bits per heavy atom. The van der Waals surface area contributed by atoms with E-state index in [9.17, 15) is 21.6 Å². The molecule has 0 heterocycles. The topological polar surface area (TPSA) is 46.2 Å². The lowest BCUT2D eigenvalue weighted by atomic mass is 10.1. The fourth-order valence-corrected chi connectivity index (χ4v) is 1.70. The van der Waals surface area contributed by atoms with Gasteiger partial charge in [0.25, 0.3) is 0 Å². The minimum atomic E-state index is -4.38. The second-order valence-electron chi connectivity index (χ2n) is 3.73. The zero-order valence-electron chi connectivity index (χ0n) is 9.30. The predicted octanol–water partition coefficient (Wildman–Crippen LogP) is 2.06. The van der Waals surface area contributed by atoms with Crippen molar-refractivity contribution in [2.45, 2.75) is 19.6 Å². The molecule has 0 atom stereocenters. The molecule has 0 aliphatic rings. The van der Waals surface area contributed by atoms with E-state index in [0.29, 0.717) is 11.1 Å². The summed E-state index contributed by atoms with van der Waals surface area (Å²) in [6.07, 6.45) is -3.39. The van der Waals surface area contributed by atoms with Crippen LogP contribution in [0.1, 0.15) is 16.7 Å². The van der Waals surface area contributed by atoms with Crippen molar-refractivity contribution in [1.82, 2.24) is 4.72 Å². The fraction of sp³-hybridized carbons (Fsp3) is 0.400. The molecule has 1 aromatic carbocycles. The molecule has 17 heavy (non-hydrogen) atoms. The van der Waals surface area contributed by atoms with E-state index in [1.807, 2.05) is 0 Å². The Morgan fingerprint density at radius 2 is 1.88 bits per heavy atom. The number of aryl methyl sites for hydroxylation is 1. The van der Waals surface area contributed by atoms with Gasteiger partial charge in [-0.3, -0.25) is 0 Å². The zero-order valence-corrected chi connectivity index (χ0v) is 10.1. The fourth-order valence-electron chi connectivity index (χ4n) is 1.28. The van der Waals surface area contributed by atoms with Gasteiger partial charge in [-0.05, 0) is 30.2 Å². The standard InChI is InChI=1S/C10H12F3NO2S/c1-7-5-9(10(11,12)13)4-3-8(7)6-14-17(2,15)16/h3-5,14H,6H2,1-2H3. The number of halogens is 3. The Kier molecular flexibility index (Phi) is 3.83. The highest BCUT2D eigenvalue weighted by molar-refractivity contribution is 7.88. The number of rotatable bonds is 3. The summed E-state index contributed by atoms with van der Waals surface area (Å²) in [6, 6.07) is 3.21. The molecule has 1 rings (SSSR count). The maximum atomic E-state index is 12.4. The average molecular weight is 267 g/mol. The number of hydrogen-bond donors (Lipinski definition) is 1. The van der Waals surface area contributed by atoms with Crippen LogP contribution in [0.15, 0.2) is 18.2 Å². The van der Waals surface area contributed by atoms with Crippen molar-refractivity contribution >= 4 is 10.0 Å². The van der Waals surface area contributed by atoms with Gasteiger partial charge in [0.2, 0.25) is 10.0 Å². The molecule has 0 saturated heterocycles. The number of benzene rings is 1. The molecule has 3 nitrogen and oxygen atoms in total. The van der Waals surface area contributed by atoms with Crippen molar-refractivity contribution in [3.63, 3.8) is 0 Å². The van der Waals surface area contributed by atoms with Gasteiger partial charge in [0, 0.05) is 6.54 Å². The Labute approximate surface area is 97.7 Å². The molecule has 0 aliphatic heterocycles. The summed E-state index contributed by atoms with van der Waals surface area (Å²) in [5.41, 5.74) is 0.178. The third-order valence-corrected chi connectivity index (χ3v) is 2.86. The second kappa shape index (κ2) is 4.66. The van der Waals surface area contributed by atoms with Crippen LogP contribution in [-0.2, 0) is 22.7 Å². The molecular weight excluding hydrogens is 255 g/mol. The molecule has 0 fully saturated rings. The first-order valence-electron chi connectivity index (χ1n) is 4.71. The first-order valence-corrected chi connectivity index (χ1v) is 6.60. The highest BCUT2D eigenvalue weighted by atomic mass is 32.2. The Bertz CT molecular complexity index is 509. The number of alkyl halides is 3. The molecule has 0 aliphatic carbocycles. The van der Waals surface area contributed by atoms with Gasteiger partial charge in [0.15, 0.2) is 0 Å². The van der Waals surface area contributed by atoms with E-state index in [1.165, 1.54) is 13.0 Å². The van der Waals surface area contributed by atoms with Crippen LogP contribution >= 0.6 is 0 Å². The lowest BCUT2D eigenvalue weighted by Crippen LogP contribution is -2.21. The molecule has 7 heteroatoms. The molecule has 0 unspecified atom stereocenters. The average Bonchev–Trinajstić information content (AvgIpc) is 2.12. The van der Waals surface area contributed by atoms with Crippen LogP contribution in [0.2, 0.25) is 0 Å². The van der Waals surface area contributed by atoms with E-state index in [1.54, 1.807) is 0 Å². The molecular formula is C10H12F3NO2S. The van der Waals surface area contributed by atoms with Crippen molar-refractivity contribution < 1.29 is 21.6 Å². The Morgan fingerprint density at radius 1 is 1.29 bits per heavy atom. The zero-order chi connectivity index (χ0) is 13.3. The van der Waals surface area contributed by atoms with Crippen LogP contribution in [0, 0.1) is 6.92 Å². The summed E-state index contributed by atoms with van der Waals surface area (Å²) in [7, 11) is -3.35. The quantitative estimate of drug-likeness (QED) is 0.911. The van der Waals surface area contributed by atoms with Gasteiger partial charge in [-0.25, -0.2) is 13.1 Å². The van der Waals surface area contributed by atoms with Crippen LogP contribution in [0.25, 0.3) is 0 Å². The molecule has 0 bridgehead atoms. The van der Waals surface area contributed by atoms with Crippen LogP contribution in [-0.4, -0.2) is 14.7 Å². The van der Waals surface area contributed by atoms with Crippen molar-refractivity contribution in [3.05, 3.63) is 34.9 Å². The second-order valence-corrected chi connectivity index (χ2v) is 5.57. The third kappa shape index (κ3) is 4.35. The maximum absolute atomic E-state index is 12.4. The van der Waals surface area contributed by atoms with Crippen LogP contribution in [0.4, 0.5) is 13.2 Å². The summed E-state index contributed by atoms with van der Waals surface area (Å²) < 4.78 is 61.0. The lowest BCUT2D eigenvalue weighted by Gasteiger charge is -2.11.